The highest BCUT2D eigenvalue weighted by Gasteiger charge is 2.35. The van der Waals surface area contributed by atoms with Gasteiger partial charge in [0.05, 0.1) is 12.2 Å². The second-order valence-corrected chi connectivity index (χ2v) is 10.4. The van der Waals surface area contributed by atoms with Crippen molar-refractivity contribution < 1.29 is 10.2 Å². The molecule has 1 saturated carbocycles. The third-order valence-corrected chi connectivity index (χ3v) is 8.00. The molecule has 0 amide bonds. The van der Waals surface area contributed by atoms with Crippen molar-refractivity contribution in [2.24, 2.45) is 5.41 Å². The van der Waals surface area contributed by atoms with Gasteiger partial charge < -0.3 is 10.2 Å². The number of rotatable bonds is 15. The molecule has 2 nitrogen and oxygen atoms in total. The van der Waals surface area contributed by atoms with E-state index in [2.05, 4.69) is 45.0 Å². The average molecular weight is 431 g/mol. The van der Waals surface area contributed by atoms with Gasteiger partial charge >= 0.3 is 0 Å². The first kappa shape index (κ1) is 26.4. The minimum Gasteiger partial charge on any atom is -0.393 e. The van der Waals surface area contributed by atoms with Crippen LogP contribution in [0.25, 0.3) is 0 Å². The van der Waals surface area contributed by atoms with Gasteiger partial charge in [-0.1, -0.05) is 70.7 Å². The molecule has 2 unspecified atom stereocenters. The van der Waals surface area contributed by atoms with E-state index < -0.39 is 0 Å². The van der Waals surface area contributed by atoms with Crippen LogP contribution in [-0.4, -0.2) is 22.4 Å². The molecule has 0 radical (unpaired) electrons. The lowest BCUT2D eigenvalue weighted by atomic mass is 9.64. The summed E-state index contributed by atoms with van der Waals surface area (Å²) in [7, 11) is 0. The smallest absolute Gasteiger partial charge is 0.0537 e. The Labute approximate surface area is 192 Å². The maximum Gasteiger partial charge on any atom is 0.0537 e. The first-order valence-electron chi connectivity index (χ1n) is 13.5. The molecule has 0 bridgehead atoms. The van der Waals surface area contributed by atoms with Crippen LogP contribution in [0.5, 0.6) is 0 Å². The van der Waals surface area contributed by atoms with E-state index in [9.17, 15) is 10.2 Å². The van der Waals surface area contributed by atoms with Crippen molar-refractivity contribution in [1.82, 2.24) is 0 Å². The zero-order chi connectivity index (χ0) is 22.5. The van der Waals surface area contributed by atoms with Gasteiger partial charge in [-0.2, -0.15) is 0 Å². The van der Waals surface area contributed by atoms with Crippen LogP contribution in [-0.2, 0) is 6.42 Å². The minimum absolute atomic E-state index is 0.133. The molecule has 2 rings (SSSR count). The molecule has 0 saturated heterocycles. The summed E-state index contributed by atoms with van der Waals surface area (Å²) >= 11 is 0. The van der Waals surface area contributed by atoms with E-state index in [1.165, 1.54) is 75.3 Å². The number of benzene rings is 1. The molecule has 1 aliphatic rings. The third kappa shape index (κ3) is 9.26. The summed E-state index contributed by atoms with van der Waals surface area (Å²) in [6, 6.07) is 9.53. The highest BCUT2D eigenvalue weighted by atomic mass is 16.3. The monoisotopic (exact) mass is 430 g/mol. The fraction of sp³-hybridized carbons (Fsp3) is 0.793. The fourth-order valence-corrected chi connectivity index (χ4v) is 5.56. The molecular formula is C29H50O2. The number of aliphatic hydroxyl groups excluding tert-OH is 2. The van der Waals surface area contributed by atoms with Crippen LogP contribution in [0.1, 0.15) is 134 Å². The van der Waals surface area contributed by atoms with Gasteiger partial charge in [-0.05, 0) is 99.5 Å². The van der Waals surface area contributed by atoms with Gasteiger partial charge in [-0.3, -0.25) is 0 Å². The summed E-state index contributed by atoms with van der Waals surface area (Å²) < 4.78 is 0. The van der Waals surface area contributed by atoms with Crippen LogP contribution in [0.4, 0.5) is 0 Å². The van der Waals surface area contributed by atoms with Crippen molar-refractivity contribution in [2.75, 3.05) is 0 Å². The standard InChI is InChI=1S/C29H50O2/c1-4-7-8-11-24-14-16-25(17-15-24)26-18-22-29(23-19-26,20-9-12-27(30)5-2)21-10-13-28(31)6-3/h14-17,26-28,30-31H,4-13,18-23H2,1-3H3. The van der Waals surface area contributed by atoms with E-state index in [0.29, 0.717) is 11.3 Å². The van der Waals surface area contributed by atoms with Crippen LogP contribution < -0.4 is 0 Å². The number of aliphatic hydroxyl groups is 2. The quantitative estimate of drug-likeness (QED) is 0.277. The second-order valence-electron chi connectivity index (χ2n) is 10.4. The van der Waals surface area contributed by atoms with E-state index >= 15 is 0 Å². The van der Waals surface area contributed by atoms with E-state index in [1.54, 1.807) is 0 Å². The Balaban J connectivity index is 1.90. The van der Waals surface area contributed by atoms with Crippen molar-refractivity contribution in [3.8, 4) is 0 Å². The average Bonchev–Trinajstić information content (AvgIpc) is 2.80. The summed E-state index contributed by atoms with van der Waals surface area (Å²) in [6.45, 7) is 6.42. The zero-order valence-corrected chi connectivity index (χ0v) is 20.7. The van der Waals surface area contributed by atoms with Crippen molar-refractivity contribution in [3.05, 3.63) is 35.4 Å². The van der Waals surface area contributed by atoms with E-state index in [0.717, 1.165) is 38.5 Å². The lowest BCUT2D eigenvalue weighted by molar-refractivity contribution is 0.103. The van der Waals surface area contributed by atoms with E-state index in [4.69, 9.17) is 0 Å². The Morgan fingerprint density at radius 1 is 0.806 bits per heavy atom. The van der Waals surface area contributed by atoms with Crippen LogP contribution in [0, 0.1) is 5.41 Å². The van der Waals surface area contributed by atoms with Gasteiger partial charge in [0.2, 0.25) is 0 Å². The summed E-state index contributed by atoms with van der Waals surface area (Å²) in [6.07, 6.45) is 18.5. The van der Waals surface area contributed by atoms with Crippen molar-refractivity contribution in [2.45, 2.75) is 142 Å². The molecule has 1 fully saturated rings. The first-order valence-corrected chi connectivity index (χ1v) is 13.5. The molecule has 2 atom stereocenters. The SMILES string of the molecule is CCCCCc1ccc(C2CCC(CCCC(O)CC)(CCCC(O)CC)CC2)cc1. The van der Waals surface area contributed by atoms with Gasteiger partial charge in [0.1, 0.15) is 0 Å². The lowest BCUT2D eigenvalue weighted by Gasteiger charge is -2.41. The molecule has 0 spiro atoms. The van der Waals surface area contributed by atoms with Crippen LogP contribution in [0.2, 0.25) is 0 Å². The van der Waals surface area contributed by atoms with E-state index in [1.807, 2.05) is 0 Å². The minimum atomic E-state index is -0.133. The van der Waals surface area contributed by atoms with Crippen molar-refractivity contribution in [1.29, 1.82) is 0 Å². The normalized spacial score (nSPS) is 23.6. The predicted octanol–water partition coefficient (Wildman–Crippen LogP) is 7.95. The Morgan fingerprint density at radius 2 is 1.35 bits per heavy atom. The molecule has 0 heterocycles. The molecule has 0 aromatic heterocycles. The summed E-state index contributed by atoms with van der Waals surface area (Å²) in [5.74, 6) is 0.709. The predicted molar refractivity (Wildman–Crippen MR) is 134 cm³/mol. The molecule has 1 aromatic rings. The number of hydrogen-bond acceptors (Lipinski definition) is 2. The zero-order valence-electron chi connectivity index (χ0n) is 20.7. The van der Waals surface area contributed by atoms with Crippen LogP contribution >= 0.6 is 0 Å². The van der Waals surface area contributed by atoms with Crippen LogP contribution in [0.15, 0.2) is 24.3 Å². The maximum absolute atomic E-state index is 10.0. The molecule has 1 aromatic carbocycles. The highest BCUT2D eigenvalue weighted by Crippen LogP contribution is 2.49. The largest absolute Gasteiger partial charge is 0.393 e. The van der Waals surface area contributed by atoms with Gasteiger partial charge in [0.25, 0.3) is 0 Å². The number of unbranched alkanes of at least 4 members (excludes halogenated alkanes) is 2. The van der Waals surface area contributed by atoms with Gasteiger partial charge in [0, 0.05) is 0 Å². The summed E-state index contributed by atoms with van der Waals surface area (Å²) in [4.78, 5) is 0. The molecular weight excluding hydrogens is 380 g/mol. The second kappa shape index (κ2) is 14.3. The molecule has 2 heteroatoms. The molecule has 178 valence electrons. The molecule has 0 aliphatic heterocycles. The first-order chi connectivity index (χ1) is 15.0. The number of aryl methyl sites for hydroxylation is 1. The Morgan fingerprint density at radius 3 is 1.84 bits per heavy atom. The molecule has 31 heavy (non-hydrogen) atoms. The Hall–Kier alpha value is -0.860. The number of hydrogen-bond donors (Lipinski definition) is 2. The maximum atomic E-state index is 10.0. The Kier molecular flexibility index (Phi) is 12.2. The van der Waals surface area contributed by atoms with Crippen LogP contribution in [0.3, 0.4) is 0 Å². The third-order valence-electron chi connectivity index (χ3n) is 8.00. The summed E-state index contributed by atoms with van der Waals surface area (Å²) in [5, 5.41) is 20.0. The fourth-order valence-electron chi connectivity index (χ4n) is 5.56. The van der Waals surface area contributed by atoms with Crippen molar-refractivity contribution >= 4 is 0 Å². The molecule has 2 N–H and O–H groups in total. The van der Waals surface area contributed by atoms with Gasteiger partial charge in [-0.15, -0.1) is 0 Å². The van der Waals surface area contributed by atoms with E-state index in [-0.39, 0.29) is 12.2 Å². The lowest BCUT2D eigenvalue weighted by Crippen LogP contribution is -2.28. The van der Waals surface area contributed by atoms with Crippen molar-refractivity contribution in [3.63, 3.8) is 0 Å². The van der Waals surface area contributed by atoms with Gasteiger partial charge in [-0.25, -0.2) is 0 Å². The Bertz CT molecular complexity index is 553. The molecule has 1 aliphatic carbocycles. The highest BCUT2D eigenvalue weighted by molar-refractivity contribution is 5.26. The van der Waals surface area contributed by atoms with Gasteiger partial charge in [0.15, 0.2) is 0 Å². The summed E-state index contributed by atoms with van der Waals surface area (Å²) in [5.41, 5.74) is 3.46. The topological polar surface area (TPSA) is 40.5 Å².